The summed E-state index contributed by atoms with van der Waals surface area (Å²) in [7, 11) is 0. The first-order valence-electron chi connectivity index (χ1n) is 8.58. The summed E-state index contributed by atoms with van der Waals surface area (Å²) in [5.74, 6) is -0.329. The molecule has 0 fully saturated rings. The molecule has 4 rings (SSSR count). The topological polar surface area (TPSA) is 42.0 Å². The summed E-state index contributed by atoms with van der Waals surface area (Å²) >= 11 is 19.9. The Kier molecular flexibility index (Phi) is 5.88. The standard InChI is InChI=1S/C22H13Cl3N2OS/c23-14-8-9-19(25)17(11-14)21(28)26-15-5-3-4-13(10-15)20-12-29-22(27-20)16-6-1-2-7-18(16)24/h1-12H,(H,26,28). The fourth-order valence-electron chi connectivity index (χ4n) is 2.79. The van der Waals surface area contributed by atoms with Crippen LogP contribution in [0.1, 0.15) is 10.4 Å². The van der Waals surface area contributed by atoms with E-state index in [1.54, 1.807) is 24.3 Å². The van der Waals surface area contributed by atoms with E-state index in [0.29, 0.717) is 26.3 Å². The summed E-state index contributed by atoms with van der Waals surface area (Å²) in [6, 6.07) is 19.8. The minimum Gasteiger partial charge on any atom is -0.322 e. The highest BCUT2D eigenvalue weighted by Gasteiger charge is 2.13. The van der Waals surface area contributed by atoms with Crippen molar-refractivity contribution in [3.8, 4) is 21.8 Å². The van der Waals surface area contributed by atoms with Crippen molar-refractivity contribution in [2.75, 3.05) is 5.32 Å². The van der Waals surface area contributed by atoms with Gasteiger partial charge in [-0.05, 0) is 36.4 Å². The molecule has 1 amide bonds. The third-order valence-electron chi connectivity index (χ3n) is 4.20. The molecular weight excluding hydrogens is 447 g/mol. The average Bonchev–Trinajstić information content (AvgIpc) is 3.20. The fraction of sp³-hybridized carbons (Fsp3) is 0. The molecule has 144 valence electrons. The van der Waals surface area contributed by atoms with Crippen molar-refractivity contribution in [3.63, 3.8) is 0 Å². The lowest BCUT2D eigenvalue weighted by Crippen LogP contribution is -2.12. The Morgan fingerprint density at radius 2 is 1.72 bits per heavy atom. The Balaban J connectivity index is 1.59. The second-order valence-corrected chi connectivity index (χ2v) is 8.29. The number of hydrogen-bond donors (Lipinski definition) is 1. The molecule has 1 aromatic heterocycles. The zero-order valence-corrected chi connectivity index (χ0v) is 17.9. The van der Waals surface area contributed by atoms with E-state index >= 15 is 0 Å². The van der Waals surface area contributed by atoms with Gasteiger partial charge in [-0.15, -0.1) is 11.3 Å². The summed E-state index contributed by atoms with van der Waals surface area (Å²) in [5.41, 5.74) is 3.54. The van der Waals surface area contributed by atoms with Gasteiger partial charge in [0, 0.05) is 27.2 Å². The first-order valence-corrected chi connectivity index (χ1v) is 10.6. The lowest BCUT2D eigenvalue weighted by atomic mass is 10.1. The van der Waals surface area contributed by atoms with Gasteiger partial charge in [0.05, 0.1) is 21.3 Å². The van der Waals surface area contributed by atoms with E-state index in [0.717, 1.165) is 21.8 Å². The van der Waals surface area contributed by atoms with Gasteiger partial charge in [-0.25, -0.2) is 4.98 Å². The first kappa shape index (κ1) is 19.9. The Hall–Kier alpha value is -2.37. The number of hydrogen-bond acceptors (Lipinski definition) is 3. The minimum absolute atomic E-state index is 0.319. The lowest BCUT2D eigenvalue weighted by Gasteiger charge is -2.08. The predicted molar refractivity (Wildman–Crippen MR) is 122 cm³/mol. The molecule has 29 heavy (non-hydrogen) atoms. The van der Waals surface area contributed by atoms with Crippen LogP contribution in [-0.4, -0.2) is 10.9 Å². The third kappa shape index (κ3) is 4.46. The molecule has 1 N–H and O–H groups in total. The van der Waals surface area contributed by atoms with Crippen molar-refractivity contribution in [3.05, 3.63) is 92.7 Å². The maximum absolute atomic E-state index is 12.6. The smallest absolute Gasteiger partial charge is 0.257 e. The number of nitrogens with zero attached hydrogens (tertiary/aromatic N) is 1. The predicted octanol–water partition coefficient (Wildman–Crippen LogP) is 7.69. The molecular formula is C22H13Cl3N2OS. The Morgan fingerprint density at radius 1 is 0.897 bits per heavy atom. The quantitative estimate of drug-likeness (QED) is 0.340. The van der Waals surface area contributed by atoms with Crippen LogP contribution in [0.15, 0.2) is 72.1 Å². The van der Waals surface area contributed by atoms with Gasteiger partial charge >= 0.3 is 0 Å². The molecule has 7 heteroatoms. The van der Waals surface area contributed by atoms with Crippen molar-refractivity contribution in [2.45, 2.75) is 0 Å². The third-order valence-corrected chi connectivity index (χ3v) is 5.97. The van der Waals surface area contributed by atoms with E-state index in [1.165, 1.54) is 11.3 Å². The Bertz CT molecular complexity index is 1210. The van der Waals surface area contributed by atoms with Crippen LogP contribution >= 0.6 is 46.1 Å². The largest absolute Gasteiger partial charge is 0.322 e. The number of amides is 1. The highest BCUT2D eigenvalue weighted by atomic mass is 35.5. The number of aromatic nitrogens is 1. The SMILES string of the molecule is O=C(Nc1cccc(-c2csc(-c3ccccc3Cl)n2)c1)c1cc(Cl)ccc1Cl. The molecule has 0 radical (unpaired) electrons. The molecule has 1 heterocycles. The van der Waals surface area contributed by atoms with Crippen LogP contribution in [0, 0.1) is 0 Å². The molecule has 3 nitrogen and oxygen atoms in total. The average molecular weight is 460 g/mol. The molecule has 0 unspecified atom stereocenters. The van der Waals surface area contributed by atoms with E-state index in [-0.39, 0.29) is 5.91 Å². The molecule has 0 spiro atoms. The normalized spacial score (nSPS) is 10.7. The number of anilines is 1. The van der Waals surface area contributed by atoms with Gasteiger partial charge in [0.2, 0.25) is 0 Å². The van der Waals surface area contributed by atoms with Gasteiger partial charge in [0.25, 0.3) is 5.91 Å². The van der Waals surface area contributed by atoms with Crippen LogP contribution in [-0.2, 0) is 0 Å². The van der Waals surface area contributed by atoms with E-state index in [1.807, 2.05) is 47.8 Å². The van der Waals surface area contributed by atoms with Crippen LogP contribution in [0.25, 0.3) is 21.8 Å². The Labute approximate surface area is 186 Å². The highest BCUT2D eigenvalue weighted by molar-refractivity contribution is 7.13. The monoisotopic (exact) mass is 458 g/mol. The molecule has 0 saturated carbocycles. The van der Waals surface area contributed by atoms with Crippen LogP contribution in [0.4, 0.5) is 5.69 Å². The minimum atomic E-state index is -0.329. The maximum Gasteiger partial charge on any atom is 0.257 e. The molecule has 0 aliphatic heterocycles. The van der Waals surface area contributed by atoms with Gasteiger partial charge < -0.3 is 5.32 Å². The molecule has 4 aromatic rings. The van der Waals surface area contributed by atoms with E-state index in [2.05, 4.69) is 5.32 Å². The second-order valence-electron chi connectivity index (χ2n) is 6.18. The number of rotatable bonds is 4. The number of halogens is 3. The number of nitrogens with one attached hydrogen (secondary N) is 1. The summed E-state index contributed by atoms with van der Waals surface area (Å²) in [4.78, 5) is 17.3. The molecule has 0 bridgehead atoms. The van der Waals surface area contributed by atoms with Gasteiger partial charge in [-0.3, -0.25) is 4.79 Å². The first-order chi connectivity index (χ1) is 14.0. The van der Waals surface area contributed by atoms with E-state index in [9.17, 15) is 4.79 Å². The summed E-state index contributed by atoms with van der Waals surface area (Å²) in [6.45, 7) is 0. The van der Waals surface area contributed by atoms with Crippen molar-refractivity contribution >= 4 is 57.7 Å². The van der Waals surface area contributed by atoms with Gasteiger partial charge in [-0.2, -0.15) is 0 Å². The van der Waals surface area contributed by atoms with Crippen molar-refractivity contribution < 1.29 is 4.79 Å². The van der Waals surface area contributed by atoms with Crippen LogP contribution < -0.4 is 5.32 Å². The summed E-state index contributed by atoms with van der Waals surface area (Å²) in [5, 5.41) is 7.11. The van der Waals surface area contributed by atoms with Gasteiger partial charge in [0.1, 0.15) is 5.01 Å². The van der Waals surface area contributed by atoms with E-state index in [4.69, 9.17) is 39.8 Å². The maximum atomic E-state index is 12.6. The number of thiazole rings is 1. The molecule has 0 atom stereocenters. The number of carbonyl (C=O) groups excluding carboxylic acids is 1. The van der Waals surface area contributed by atoms with Crippen molar-refractivity contribution in [1.29, 1.82) is 0 Å². The Morgan fingerprint density at radius 3 is 2.55 bits per heavy atom. The molecule has 0 aliphatic carbocycles. The number of carbonyl (C=O) groups is 1. The molecule has 0 aliphatic rings. The van der Waals surface area contributed by atoms with Crippen molar-refractivity contribution in [1.82, 2.24) is 4.98 Å². The summed E-state index contributed by atoms with van der Waals surface area (Å²) < 4.78 is 0. The zero-order valence-electron chi connectivity index (χ0n) is 14.8. The van der Waals surface area contributed by atoms with E-state index < -0.39 is 0 Å². The highest BCUT2D eigenvalue weighted by Crippen LogP contribution is 2.33. The molecule has 3 aromatic carbocycles. The molecule has 0 saturated heterocycles. The van der Waals surface area contributed by atoms with Crippen LogP contribution in [0.2, 0.25) is 15.1 Å². The summed E-state index contributed by atoms with van der Waals surface area (Å²) in [6.07, 6.45) is 0. The fourth-order valence-corrected chi connectivity index (χ4v) is 4.32. The van der Waals surface area contributed by atoms with Crippen LogP contribution in [0.5, 0.6) is 0 Å². The van der Waals surface area contributed by atoms with Crippen LogP contribution in [0.3, 0.4) is 0 Å². The number of benzene rings is 3. The van der Waals surface area contributed by atoms with Crippen molar-refractivity contribution in [2.24, 2.45) is 0 Å². The lowest BCUT2D eigenvalue weighted by molar-refractivity contribution is 0.102. The zero-order chi connectivity index (χ0) is 20.4. The second kappa shape index (κ2) is 8.56. The van der Waals surface area contributed by atoms with Gasteiger partial charge in [0.15, 0.2) is 0 Å². The van der Waals surface area contributed by atoms with Gasteiger partial charge in [-0.1, -0.05) is 65.1 Å².